The maximum Gasteiger partial charge on any atom is 0.232 e. The van der Waals surface area contributed by atoms with E-state index in [1.54, 1.807) is 0 Å². The van der Waals surface area contributed by atoms with Crippen LogP contribution in [0, 0.1) is 11.3 Å². The number of amides is 1. The van der Waals surface area contributed by atoms with Gasteiger partial charge in [0.2, 0.25) is 5.91 Å². The fourth-order valence-electron chi connectivity index (χ4n) is 6.28. The van der Waals surface area contributed by atoms with Gasteiger partial charge in [-0.05, 0) is 44.6 Å². The van der Waals surface area contributed by atoms with Crippen LogP contribution in [0.2, 0.25) is 0 Å². The van der Waals surface area contributed by atoms with Gasteiger partial charge in [0, 0.05) is 44.5 Å². The third kappa shape index (κ3) is 7.01. The third-order valence-electron chi connectivity index (χ3n) is 9.29. The maximum absolute atomic E-state index is 14.4. The van der Waals surface area contributed by atoms with Crippen LogP contribution in [0.4, 0.5) is 4.39 Å². The minimum Gasteiger partial charge on any atom is -0.379 e. The summed E-state index contributed by atoms with van der Waals surface area (Å²) in [6.45, 7) is 7.43. The highest BCUT2D eigenvalue weighted by atomic mass is 32.2. The van der Waals surface area contributed by atoms with Crippen LogP contribution < -0.4 is 16.8 Å². The van der Waals surface area contributed by atoms with E-state index in [0.717, 1.165) is 30.8 Å². The third-order valence-corrected chi connectivity index (χ3v) is 11.9. The number of likely N-dealkylation sites (tertiary alicyclic amines) is 1. The van der Waals surface area contributed by atoms with Crippen molar-refractivity contribution in [2.24, 2.45) is 27.8 Å². The molecular weight excluding hydrogens is 523 g/mol. The van der Waals surface area contributed by atoms with Crippen LogP contribution in [-0.4, -0.2) is 106 Å². The van der Waals surface area contributed by atoms with Crippen LogP contribution in [-0.2, 0) is 19.4 Å². The highest BCUT2D eigenvalue weighted by molar-refractivity contribution is 7.92. The van der Waals surface area contributed by atoms with Crippen molar-refractivity contribution in [3.63, 3.8) is 0 Å². The Hall–Kier alpha value is -1.60. The molecule has 10 nitrogen and oxygen atoms in total. The Bertz CT molecular complexity index is 1040. The van der Waals surface area contributed by atoms with E-state index in [4.69, 9.17) is 16.2 Å². The summed E-state index contributed by atoms with van der Waals surface area (Å²) in [5.74, 6) is -1.11. The Balaban J connectivity index is 1.51. The van der Waals surface area contributed by atoms with Crippen molar-refractivity contribution < 1.29 is 22.3 Å². The number of aliphatic imine (C=N–C) groups is 1. The topological polar surface area (TPSA) is 143 Å². The molecular formula is C27H47FN6O4S. The minimum atomic E-state index is -3.19. The van der Waals surface area contributed by atoms with Crippen LogP contribution in [0.15, 0.2) is 16.4 Å². The lowest BCUT2D eigenvalue weighted by Gasteiger charge is -2.41. The van der Waals surface area contributed by atoms with E-state index in [0.29, 0.717) is 65.0 Å². The van der Waals surface area contributed by atoms with Gasteiger partial charge < -0.3 is 31.3 Å². The number of ether oxygens (including phenoxy) is 1. The van der Waals surface area contributed by atoms with Gasteiger partial charge in [0.25, 0.3) is 0 Å². The number of piperidine rings is 1. The Labute approximate surface area is 232 Å². The first-order valence-corrected chi connectivity index (χ1v) is 16.0. The number of nitrogens with zero attached hydrogens (tertiary/aromatic N) is 3. The van der Waals surface area contributed by atoms with E-state index in [9.17, 15) is 17.6 Å². The molecule has 2 fully saturated rings. The molecule has 0 aromatic heterocycles. The second-order valence-corrected chi connectivity index (χ2v) is 14.7. The van der Waals surface area contributed by atoms with Gasteiger partial charge in [-0.25, -0.2) is 12.8 Å². The summed E-state index contributed by atoms with van der Waals surface area (Å²) < 4.78 is 45.3. The lowest BCUT2D eigenvalue weighted by molar-refractivity contribution is -0.126. The number of likely N-dealkylation sites (N-methyl/N-ethyl adjacent to an activating group) is 1. The van der Waals surface area contributed by atoms with Crippen LogP contribution in [0.3, 0.4) is 0 Å². The van der Waals surface area contributed by atoms with Crippen molar-refractivity contribution in [1.29, 1.82) is 0 Å². The SMILES string of the molecule is CCC1(C)CCC(F)C=NC(C(C(=O)NC2=C(N3CCC(S(=O)(=O)C4COC4)CC3)CCN(C)C2)C(N)N)C1. The summed E-state index contributed by atoms with van der Waals surface area (Å²) in [6.07, 6.45) is 3.66. The van der Waals surface area contributed by atoms with Crippen molar-refractivity contribution >= 4 is 22.0 Å². The Morgan fingerprint density at radius 2 is 1.92 bits per heavy atom. The number of carbonyl (C=O) groups is 1. The Kier molecular flexibility index (Phi) is 9.73. The monoisotopic (exact) mass is 570 g/mol. The number of rotatable bonds is 8. The first-order chi connectivity index (χ1) is 18.4. The summed E-state index contributed by atoms with van der Waals surface area (Å²) in [5.41, 5.74) is 14.0. The number of hydrogen-bond donors (Lipinski definition) is 3. The molecule has 4 rings (SSSR count). The second kappa shape index (κ2) is 12.5. The number of nitrogens with two attached hydrogens (primary N) is 2. The lowest BCUT2D eigenvalue weighted by atomic mass is 9.73. The predicted octanol–water partition coefficient (Wildman–Crippen LogP) is 1.17. The molecule has 4 aliphatic rings. The molecule has 4 unspecified atom stereocenters. The molecule has 222 valence electrons. The molecule has 4 heterocycles. The summed E-state index contributed by atoms with van der Waals surface area (Å²) in [5, 5.41) is 2.42. The normalized spacial score (nSPS) is 31.1. The molecule has 4 aliphatic heterocycles. The smallest absolute Gasteiger partial charge is 0.232 e. The number of nitrogens with one attached hydrogen (secondary N) is 1. The zero-order valence-corrected chi connectivity index (χ0v) is 24.5. The molecule has 0 bridgehead atoms. The lowest BCUT2D eigenvalue weighted by Crippen LogP contribution is -2.54. The standard InChI is InChI=1S/C27H47FN6O4S/c1-4-27(2)9-5-18(28)14-31-21(13-27)24(25(29)30)26(35)32-22-15-33(3)10-8-23(22)34-11-6-19(7-12-34)39(36,37)20-16-38-17-20/h14,18-21,24-25H,4-13,15-17,29-30H2,1-3H3,(H,32,35). The van der Waals surface area contributed by atoms with Gasteiger partial charge in [0.05, 0.1) is 42.3 Å². The van der Waals surface area contributed by atoms with Crippen molar-refractivity contribution in [3.05, 3.63) is 11.4 Å². The van der Waals surface area contributed by atoms with Gasteiger partial charge in [-0.3, -0.25) is 9.79 Å². The van der Waals surface area contributed by atoms with Gasteiger partial charge >= 0.3 is 0 Å². The summed E-state index contributed by atoms with van der Waals surface area (Å²) in [7, 11) is -1.19. The molecule has 2 saturated heterocycles. The quantitative estimate of drug-likeness (QED) is 0.369. The fraction of sp³-hybridized carbons (Fsp3) is 0.852. The minimum absolute atomic E-state index is 0.161. The van der Waals surface area contributed by atoms with Crippen molar-refractivity contribution in [2.75, 3.05) is 46.4 Å². The average Bonchev–Trinajstić information content (AvgIpc) is 2.84. The maximum atomic E-state index is 14.4. The number of halogens is 1. The van der Waals surface area contributed by atoms with E-state index in [1.807, 2.05) is 7.05 Å². The highest BCUT2D eigenvalue weighted by Crippen LogP contribution is 2.38. The number of sulfone groups is 1. The molecule has 0 spiro atoms. The van der Waals surface area contributed by atoms with E-state index in [-0.39, 0.29) is 21.8 Å². The van der Waals surface area contributed by atoms with Crippen molar-refractivity contribution in [1.82, 2.24) is 15.1 Å². The molecule has 0 aliphatic carbocycles. The zero-order valence-electron chi connectivity index (χ0n) is 23.6. The van der Waals surface area contributed by atoms with Gasteiger partial charge in [-0.1, -0.05) is 20.3 Å². The van der Waals surface area contributed by atoms with Crippen molar-refractivity contribution in [2.45, 2.75) is 87.7 Å². The number of alkyl halides is 1. The molecule has 1 amide bonds. The molecule has 0 aromatic carbocycles. The van der Waals surface area contributed by atoms with Crippen LogP contribution >= 0.6 is 0 Å². The average molecular weight is 571 g/mol. The number of hydrogen-bond acceptors (Lipinski definition) is 9. The molecule has 0 aromatic rings. The van der Waals surface area contributed by atoms with E-state index >= 15 is 0 Å². The van der Waals surface area contributed by atoms with Crippen LogP contribution in [0.25, 0.3) is 0 Å². The van der Waals surface area contributed by atoms with Crippen LogP contribution in [0.5, 0.6) is 0 Å². The van der Waals surface area contributed by atoms with Gasteiger partial charge in [0.1, 0.15) is 11.4 Å². The van der Waals surface area contributed by atoms with E-state index in [2.05, 4.69) is 34.0 Å². The molecule has 39 heavy (non-hydrogen) atoms. The van der Waals surface area contributed by atoms with Crippen molar-refractivity contribution in [3.8, 4) is 0 Å². The predicted molar refractivity (Wildman–Crippen MR) is 150 cm³/mol. The first kappa shape index (κ1) is 30.4. The highest BCUT2D eigenvalue weighted by Gasteiger charge is 2.41. The van der Waals surface area contributed by atoms with Gasteiger partial charge in [-0.15, -0.1) is 0 Å². The fourth-order valence-corrected chi connectivity index (χ4v) is 8.27. The second-order valence-electron chi connectivity index (χ2n) is 12.2. The summed E-state index contributed by atoms with van der Waals surface area (Å²) in [4.78, 5) is 22.6. The number of carbonyl (C=O) groups excluding carboxylic acids is 1. The molecule has 12 heteroatoms. The summed E-state index contributed by atoms with van der Waals surface area (Å²) >= 11 is 0. The molecule has 0 radical (unpaired) electrons. The van der Waals surface area contributed by atoms with E-state index < -0.39 is 34.1 Å². The van der Waals surface area contributed by atoms with E-state index in [1.165, 1.54) is 6.21 Å². The molecule has 5 N–H and O–H groups in total. The molecule has 4 atom stereocenters. The summed E-state index contributed by atoms with van der Waals surface area (Å²) in [6, 6.07) is -0.518. The Morgan fingerprint density at radius 1 is 1.23 bits per heavy atom. The van der Waals surface area contributed by atoms with Gasteiger partial charge in [0.15, 0.2) is 9.84 Å². The largest absolute Gasteiger partial charge is 0.379 e. The Morgan fingerprint density at radius 3 is 2.51 bits per heavy atom. The first-order valence-electron chi connectivity index (χ1n) is 14.4. The molecule has 0 saturated carbocycles. The van der Waals surface area contributed by atoms with Gasteiger partial charge in [-0.2, -0.15) is 0 Å². The van der Waals surface area contributed by atoms with Crippen LogP contribution in [0.1, 0.15) is 58.8 Å². The zero-order chi connectivity index (χ0) is 28.4.